The van der Waals surface area contributed by atoms with Gasteiger partial charge in [-0.2, -0.15) is 0 Å². The van der Waals surface area contributed by atoms with Gasteiger partial charge in [0.15, 0.2) is 10.0 Å². The second kappa shape index (κ2) is 3.19. The van der Waals surface area contributed by atoms with Crippen molar-refractivity contribution < 1.29 is 4.90 Å². The topological polar surface area (TPSA) is 4.44 Å². The molecule has 2 aromatic rings. The van der Waals surface area contributed by atoms with E-state index in [1.807, 2.05) is 22.7 Å². The van der Waals surface area contributed by atoms with Gasteiger partial charge in [-0.25, -0.2) is 0 Å². The van der Waals surface area contributed by atoms with Crippen molar-refractivity contribution in [1.82, 2.24) is 0 Å². The highest BCUT2D eigenvalue weighted by atomic mass is 32.1. The molecule has 0 aromatic carbocycles. The largest absolute Gasteiger partial charge is 0.384 e. The van der Waals surface area contributed by atoms with Crippen LogP contribution >= 0.6 is 22.7 Å². The maximum atomic E-state index is 4.22. The molecule has 1 nitrogen and oxygen atoms in total. The van der Waals surface area contributed by atoms with E-state index in [2.05, 4.69) is 29.9 Å². The third-order valence-corrected chi connectivity index (χ3v) is 4.74. The Bertz CT molecular complexity index is 413. The van der Waals surface area contributed by atoms with Crippen LogP contribution in [0.2, 0.25) is 0 Å². The van der Waals surface area contributed by atoms with Crippen molar-refractivity contribution >= 4 is 32.7 Å². The summed E-state index contributed by atoms with van der Waals surface area (Å²) in [6.45, 7) is 0. The summed E-state index contributed by atoms with van der Waals surface area (Å²) < 4.78 is 0. The first-order valence-corrected chi connectivity index (χ1v) is 6.44. The molecule has 3 heteroatoms. The van der Waals surface area contributed by atoms with Crippen molar-refractivity contribution in [3.8, 4) is 0 Å². The van der Waals surface area contributed by atoms with Crippen LogP contribution < -0.4 is 4.90 Å². The Hall–Kier alpha value is -0.640. The van der Waals surface area contributed by atoms with Crippen LogP contribution in [0.4, 0.5) is 10.0 Å². The number of rotatable bonds is 0. The first kappa shape index (κ1) is 8.65. The molecule has 3 rings (SSSR count). The molecule has 0 saturated carbocycles. The van der Waals surface area contributed by atoms with Crippen LogP contribution in [0.25, 0.3) is 0 Å². The van der Waals surface area contributed by atoms with Crippen LogP contribution in [0.5, 0.6) is 0 Å². The van der Waals surface area contributed by atoms with E-state index in [1.54, 1.807) is 0 Å². The first-order chi connectivity index (χ1) is 6.86. The summed E-state index contributed by atoms with van der Waals surface area (Å²) in [5.41, 5.74) is 2.95. The minimum Gasteiger partial charge on any atom is -0.384 e. The molecule has 0 bridgehead atoms. The Balaban J connectivity index is 2.17. The minimum atomic E-state index is 1.17. The average Bonchev–Trinajstić information content (AvgIpc) is 2.81. The average molecular weight is 221 g/mol. The predicted molar refractivity (Wildman–Crippen MR) is 61.7 cm³/mol. The molecule has 0 unspecified atom stereocenters. The lowest BCUT2D eigenvalue weighted by atomic mass is 10.1. The fourth-order valence-electron chi connectivity index (χ4n) is 1.97. The molecule has 3 heterocycles. The Kier molecular flexibility index (Phi) is 1.97. The zero-order chi connectivity index (χ0) is 9.54. The van der Waals surface area contributed by atoms with Crippen molar-refractivity contribution in [2.24, 2.45) is 0 Å². The quantitative estimate of drug-likeness (QED) is 0.652. The molecule has 1 aliphatic heterocycles. The van der Waals surface area contributed by atoms with Gasteiger partial charge >= 0.3 is 0 Å². The summed E-state index contributed by atoms with van der Waals surface area (Å²) in [6.07, 6.45) is 2.34. The first-order valence-electron chi connectivity index (χ1n) is 4.68. The highest BCUT2D eigenvalue weighted by molar-refractivity contribution is 7.14. The maximum Gasteiger partial charge on any atom is 0.168 e. The third-order valence-electron chi connectivity index (χ3n) is 2.71. The normalized spacial score (nSPS) is 16.1. The van der Waals surface area contributed by atoms with E-state index >= 15 is 0 Å². The molecule has 72 valence electrons. The Labute approximate surface area is 91.6 Å². The summed E-state index contributed by atoms with van der Waals surface area (Å²) in [4.78, 5) is 1.23. The Morgan fingerprint density at radius 2 is 1.50 bits per heavy atom. The van der Waals surface area contributed by atoms with E-state index in [9.17, 15) is 0 Å². The Morgan fingerprint density at radius 1 is 1.00 bits per heavy atom. The highest BCUT2D eigenvalue weighted by Gasteiger charge is 2.21. The number of fused-ring (bicyclic) bond motifs is 2. The minimum absolute atomic E-state index is 1.17. The molecule has 0 radical (unpaired) electrons. The monoisotopic (exact) mass is 221 g/mol. The van der Waals surface area contributed by atoms with E-state index in [0.29, 0.717) is 0 Å². The van der Waals surface area contributed by atoms with Gasteiger partial charge in [0.1, 0.15) is 0 Å². The van der Waals surface area contributed by atoms with E-state index in [4.69, 9.17) is 0 Å². The van der Waals surface area contributed by atoms with Crippen LogP contribution in [-0.2, 0) is 12.8 Å². The van der Waals surface area contributed by atoms with E-state index < -0.39 is 0 Å². The van der Waals surface area contributed by atoms with Crippen LogP contribution in [0.1, 0.15) is 11.1 Å². The number of hydrogen-bond donors (Lipinski definition) is 1. The molecule has 0 aliphatic carbocycles. The standard InChI is InChI=1S/C11H11NS2/c1-12-10-8(4-6-13-10)2-3-9-5-7-14-11(9)12/h4-7,12H,1-3H2. The van der Waals surface area contributed by atoms with Gasteiger partial charge in [0.25, 0.3) is 0 Å². The molecule has 1 aliphatic rings. The third kappa shape index (κ3) is 1.16. The second-order valence-electron chi connectivity index (χ2n) is 3.53. The summed E-state index contributed by atoms with van der Waals surface area (Å²) in [7, 11) is 4.22. The predicted octanol–water partition coefficient (Wildman–Crippen LogP) is 2.55. The van der Waals surface area contributed by atoms with Gasteiger partial charge < -0.3 is 4.90 Å². The summed E-state index contributed by atoms with van der Waals surface area (Å²) in [5.74, 6) is 0. The number of quaternary nitrogens is 1. The van der Waals surface area contributed by atoms with Crippen LogP contribution in [0.3, 0.4) is 0 Å². The molecule has 14 heavy (non-hydrogen) atoms. The zero-order valence-electron chi connectivity index (χ0n) is 7.75. The molecule has 2 aromatic heterocycles. The number of aryl methyl sites for hydroxylation is 2. The highest BCUT2D eigenvalue weighted by Crippen LogP contribution is 2.30. The van der Waals surface area contributed by atoms with Crippen LogP contribution in [0, 0.1) is 7.05 Å². The van der Waals surface area contributed by atoms with Gasteiger partial charge in [-0.3, -0.25) is 0 Å². The number of hydrogen-bond acceptors (Lipinski definition) is 2. The molecule has 0 atom stereocenters. The van der Waals surface area contributed by atoms with Gasteiger partial charge in [0.05, 0.1) is 0 Å². The molecular weight excluding hydrogens is 210 g/mol. The van der Waals surface area contributed by atoms with E-state index in [1.165, 1.54) is 38.9 Å². The summed E-state index contributed by atoms with van der Waals surface area (Å²) >= 11 is 3.64. The van der Waals surface area contributed by atoms with Crippen LogP contribution in [-0.4, -0.2) is 0 Å². The van der Waals surface area contributed by atoms with Gasteiger partial charge in [0, 0.05) is 11.1 Å². The molecule has 1 N–H and O–H groups in total. The fourth-order valence-corrected chi connectivity index (χ4v) is 3.90. The summed E-state index contributed by atoms with van der Waals surface area (Å²) in [5, 5.41) is 7.14. The lowest BCUT2D eigenvalue weighted by molar-refractivity contribution is -0.698. The van der Waals surface area contributed by atoms with Crippen molar-refractivity contribution in [3.63, 3.8) is 0 Å². The number of nitrogens with one attached hydrogen (secondary N) is 1. The Morgan fingerprint density at radius 3 is 2.00 bits per heavy atom. The van der Waals surface area contributed by atoms with Crippen molar-refractivity contribution in [2.75, 3.05) is 0 Å². The van der Waals surface area contributed by atoms with Crippen molar-refractivity contribution in [1.29, 1.82) is 0 Å². The van der Waals surface area contributed by atoms with E-state index in [0.717, 1.165) is 0 Å². The van der Waals surface area contributed by atoms with Crippen LogP contribution in [0.15, 0.2) is 22.9 Å². The molecule has 0 spiro atoms. The maximum absolute atomic E-state index is 4.22. The van der Waals surface area contributed by atoms with Gasteiger partial charge in [-0.15, -0.1) is 7.05 Å². The second-order valence-corrected chi connectivity index (χ2v) is 5.36. The molecule has 0 fully saturated rings. The lowest BCUT2D eigenvalue weighted by Crippen LogP contribution is -2.95. The van der Waals surface area contributed by atoms with Crippen molar-refractivity contribution in [2.45, 2.75) is 12.8 Å². The fraction of sp³-hybridized carbons (Fsp3) is 0.182. The van der Waals surface area contributed by atoms with Crippen molar-refractivity contribution in [3.05, 3.63) is 41.1 Å². The molecule has 0 saturated heterocycles. The summed E-state index contributed by atoms with van der Waals surface area (Å²) in [6, 6.07) is 4.48. The smallest absolute Gasteiger partial charge is 0.168 e. The number of thiophene rings is 2. The zero-order valence-corrected chi connectivity index (χ0v) is 9.38. The lowest BCUT2D eigenvalue weighted by Gasteiger charge is -2.16. The van der Waals surface area contributed by atoms with Gasteiger partial charge in [-0.1, -0.05) is 22.7 Å². The van der Waals surface area contributed by atoms with E-state index in [-0.39, 0.29) is 0 Å². The van der Waals surface area contributed by atoms with Gasteiger partial charge in [-0.05, 0) is 35.7 Å². The molecular formula is C11H11NS2. The molecule has 0 amide bonds. The van der Waals surface area contributed by atoms with Gasteiger partial charge in [0.2, 0.25) is 0 Å². The SMILES string of the molecule is [CH2-][NH+]1c2sccc2CCc2ccsc21.